The maximum Gasteiger partial charge on any atom is 0.278 e. The molecular formula is C69H44Br2Cl7N13O9S. The number of allylic oxidation sites excluding steroid dienone is 5. The largest absolute Gasteiger partial charge is 0.506 e. The number of amidine groups is 2. The van der Waals surface area contributed by atoms with Crippen LogP contribution in [0.4, 0.5) is 34.1 Å². The predicted octanol–water partition coefficient (Wildman–Crippen LogP) is 18.4. The normalized spacial score (nSPS) is 14.3. The van der Waals surface area contributed by atoms with E-state index in [1.807, 2.05) is 67.6 Å². The van der Waals surface area contributed by atoms with Crippen LogP contribution in [-0.4, -0.2) is 90.6 Å². The summed E-state index contributed by atoms with van der Waals surface area (Å²) in [5.74, 6) is -2.82. The lowest BCUT2D eigenvalue weighted by Crippen LogP contribution is -2.30. The van der Waals surface area contributed by atoms with Crippen LogP contribution in [-0.2, 0) is 19.2 Å². The van der Waals surface area contributed by atoms with Gasteiger partial charge >= 0.3 is 0 Å². The van der Waals surface area contributed by atoms with Crippen LogP contribution in [0.25, 0.3) is 19.9 Å². The number of para-hydroxylation sites is 2. The number of nitrogens with zero attached hydrogens (tertiary/aromatic N) is 9. The first-order valence-electron chi connectivity index (χ1n) is 28.6. The topological polar surface area (TPSA) is 322 Å². The molecule has 3 amide bonds. The number of Topliss-reactive ketones (excluding diaryl/α,β-unsaturated/α-hetero) is 2. The van der Waals surface area contributed by atoms with E-state index in [1.54, 1.807) is 37.4 Å². The van der Waals surface area contributed by atoms with Crippen molar-refractivity contribution in [1.82, 2.24) is 15.6 Å². The van der Waals surface area contributed by atoms with Gasteiger partial charge in [-0.15, -0.1) is 16.3 Å². The Morgan fingerprint density at radius 2 is 1.14 bits per heavy atom. The van der Waals surface area contributed by atoms with E-state index >= 15 is 0 Å². The lowest BCUT2D eigenvalue weighted by molar-refractivity contribution is -0.120. The monoisotopic (exact) mass is 1630 g/mol. The molecule has 0 fully saturated rings. The molecule has 7 aromatic carbocycles. The summed E-state index contributed by atoms with van der Waals surface area (Å²) in [4.78, 5) is 92.9. The number of carbonyl (C=O) groups excluding carboxylic acids is 5. The molecule has 0 unspecified atom stereocenters. The highest BCUT2D eigenvalue weighted by molar-refractivity contribution is 9.11. The maximum absolute atomic E-state index is 13.1. The Balaban J connectivity index is 0.000000172. The molecule has 1 aromatic heterocycles. The van der Waals surface area contributed by atoms with E-state index in [9.17, 15) is 44.4 Å². The van der Waals surface area contributed by atoms with Crippen molar-refractivity contribution in [3.63, 3.8) is 0 Å². The van der Waals surface area contributed by atoms with Gasteiger partial charge in [0.15, 0.2) is 23.0 Å². The van der Waals surface area contributed by atoms with Gasteiger partial charge in [-0.25, -0.2) is 29.8 Å². The van der Waals surface area contributed by atoms with Crippen LogP contribution in [0.2, 0.25) is 30.1 Å². The number of nitrogens with one attached hydrogen (secondary N) is 4. The van der Waals surface area contributed by atoms with Crippen molar-refractivity contribution in [3.05, 3.63) is 245 Å². The second kappa shape index (κ2) is 34.3. The molecule has 3 aliphatic rings. The number of thiazole rings is 1. The molecule has 32 heteroatoms. The number of phenolic OH excluding ortho intramolecular Hbond substituents is 4. The summed E-state index contributed by atoms with van der Waals surface area (Å²) in [5.41, 5.74) is 6.20. The van der Waals surface area contributed by atoms with Gasteiger partial charge in [-0.2, -0.15) is 5.26 Å². The van der Waals surface area contributed by atoms with E-state index in [2.05, 4.69) is 92.8 Å². The Morgan fingerprint density at radius 1 is 0.634 bits per heavy atom. The lowest BCUT2D eigenvalue weighted by Gasteiger charge is -2.20. The van der Waals surface area contributed by atoms with Crippen LogP contribution in [0.5, 0.6) is 23.0 Å². The number of aromatic nitrogens is 1. The highest BCUT2D eigenvalue weighted by atomic mass is 79.9. The van der Waals surface area contributed by atoms with Crippen molar-refractivity contribution in [1.29, 1.82) is 5.26 Å². The van der Waals surface area contributed by atoms with Crippen molar-refractivity contribution in [3.8, 4) is 29.1 Å². The van der Waals surface area contributed by atoms with Gasteiger partial charge in [0.2, 0.25) is 29.1 Å². The van der Waals surface area contributed by atoms with Crippen LogP contribution in [0.1, 0.15) is 48.1 Å². The zero-order valence-electron chi connectivity index (χ0n) is 52.1. The van der Waals surface area contributed by atoms with Gasteiger partial charge in [0.1, 0.15) is 16.3 Å². The van der Waals surface area contributed by atoms with Crippen molar-refractivity contribution in [2.45, 2.75) is 27.2 Å². The Bertz CT molecular complexity index is 5120. The fourth-order valence-electron chi connectivity index (χ4n) is 9.06. The number of nitriles is 1. The number of ketones is 2. The number of amides is 3. The van der Waals surface area contributed by atoms with Gasteiger partial charge in [0.25, 0.3) is 17.6 Å². The number of carbonyl (C=O) groups is 5. The number of hydrogen-bond acceptors (Lipinski definition) is 17. The molecule has 0 spiro atoms. The number of aliphatic imine (C=N–C) groups is 5. The number of rotatable bonds is 11. The van der Waals surface area contributed by atoms with E-state index in [4.69, 9.17) is 99.6 Å². The number of hydrogen-bond donors (Lipinski definition) is 8. The summed E-state index contributed by atoms with van der Waals surface area (Å²) in [6, 6.07) is 35.6. The summed E-state index contributed by atoms with van der Waals surface area (Å²) in [6.45, 7) is 18.4. The number of halogens is 9. The van der Waals surface area contributed by atoms with Gasteiger partial charge in [-0.3, -0.25) is 24.0 Å². The zero-order valence-corrected chi connectivity index (χ0v) is 61.4. The van der Waals surface area contributed by atoms with Crippen molar-refractivity contribution >= 4 is 227 Å². The summed E-state index contributed by atoms with van der Waals surface area (Å²) in [5, 5.41) is 59.4. The molecule has 508 valence electrons. The molecule has 11 rings (SSSR count). The fraction of sp³-hybridized carbons (Fsp3) is 0.0725. The van der Waals surface area contributed by atoms with E-state index in [1.165, 1.54) is 73.7 Å². The molecular weight excluding hydrogens is 1590 g/mol. The molecule has 0 saturated heterocycles. The molecule has 22 nitrogen and oxygen atoms in total. The van der Waals surface area contributed by atoms with Crippen LogP contribution >= 0.6 is 124 Å². The fourth-order valence-corrected chi connectivity index (χ4v) is 12.9. The third-order valence-corrected chi connectivity index (χ3v) is 18.0. The van der Waals surface area contributed by atoms with Crippen molar-refractivity contribution < 1.29 is 44.4 Å². The number of phenols is 4. The molecule has 0 bridgehead atoms. The van der Waals surface area contributed by atoms with Crippen molar-refractivity contribution in [2.24, 2.45) is 25.0 Å². The van der Waals surface area contributed by atoms with Crippen LogP contribution in [0, 0.1) is 24.5 Å². The van der Waals surface area contributed by atoms with E-state index in [0.29, 0.717) is 76.9 Å². The van der Waals surface area contributed by atoms with Crippen LogP contribution < -0.4 is 21.3 Å². The number of aromatic hydroxyl groups is 4. The lowest BCUT2D eigenvalue weighted by atomic mass is 9.90. The second-order valence-corrected chi connectivity index (χ2v) is 26.0. The molecule has 8 aromatic rings. The Hall–Kier alpha value is -10.1. The maximum atomic E-state index is 13.1. The Kier molecular flexibility index (Phi) is 26.1. The minimum absolute atomic E-state index is 0.00141. The SMILES string of the molecule is CCC1=C(Cl)C(=O)C(NC(C)=O)=CC1=Nc1cc(Cl)c(O)c(Cl)c1.CNc1cccc2c1C(=Nc1cc(Cl)c(O)c(Cl)c1)C=C(NC(C)=O)C2=O.O=C(Nc1ccccc1)C(=Nc1cc(Br)c(O)c(Br)c1)c1nc2ccccc2s1.[C-]#[N+]C1=NC(=Nc2cc(Cl)c(O)c(Cl)c2)C(C#N)=C1[N+]#[C-]. The van der Waals surface area contributed by atoms with E-state index in [0.717, 1.165) is 10.2 Å². The summed E-state index contributed by atoms with van der Waals surface area (Å²) in [7, 11) is 1.74. The predicted molar refractivity (Wildman–Crippen MR) is 405 cm³/mol. The van der Waals surface area contributed by atoms with Gasteiger partial charge in [-0.05, 0) is 129 Å². The van der Waals surface area contributed by atoms with E-state index in [-0.39, 0.29) is 121 Å². The zero-order chi connectivity index (χ0) is 73.7. The smallest absolute Gasteiger partial charge is 0.278 e. The van der Waals surface area contributed by atoms with Crippen LogP contribution in [0.15, 0.2) is 201 Å². The average molecular weight is 1640 g/mol. The summed E-state index contributed by atoms with van der Waals surface area (Å²) < 4.78 is 1.91. The van der Waals surface area contributed by atoms with Gasteiger partial charge in [-0.1, -0.05) is 137 Å². The highest BCUT2D eigenvalue weighted by Gasteiger charge is 2.31. The minimum Gasteiger partial charge on any atom is -0.506 e. The highest BCUT2D eigenvalue weighted by Crippen LogP contribution is 2.41. The van der Waals surface area contributed by atoms with Gasteiger partial charge in [0, 0.05) is 49.0 Å². The average Bonchev–Trinajstić information content (AvgIpc) is 1.52. The molecule has 1 aliphatic heterocycles. The number of anilines is 2. The van der Waals surface area contributed by atoms with Crippen LogP contribution in [0.3, 0.4) is 0 Å². The summed E-state index contributed by atoms with van der Waals surface area (Å²) in [6.07, 6.45) is 3.41. The molecule has 0 radical (unpaired) electrons. The molecule has 101 heavy (non-hydrogen) atoms. The number of benzene rings is 7. The standard InChI is InChI=1S/C21H13Br2N3O2S.C19H15Cl2N3O3.C16H13Cl3N2O3.C13H3Cl2N5O/c22-14-10-13(11-15(23)19(14)27)24-18(20(28)25-12-6-2-1-3-7-12)21-26-16-8-4-5-9-17(16)29-21;1-9(25)23-16-8-15(24-10-6-12(20)19(27)13(21)7-10)17-11(18(16)26)4-3-5-14(17)22-2;1-3-9-12(6-13(20-7(2)22)16(24)14(9)19)21-8-4-10(17)15(23)11(18)5-8;1-17-10-7(5-16)12(20-13(10)18-2)19-6-3-8(14)11(21)9(15)4-6/h1-11,27H,(H,25,28);3-8,22,27H,1-2H3,(H,23,25);4-6,23H,3H2,1-2H3,(H,20,22);3-4,21H. The Morgan fingerprint density at radius 3 is 1.63 bits per heavy atom. The first-order chi connectivity index (χ1) is 48.1. The van der Waals surface area contributed by atoms with E-state index < -0.39 is 11.7 Å². The third-order valence-electron chi connectivity index (χ3n) is 13.6. The first-order valence-corrected chi connectivity index (χ1v) is 33.7. The molecule has 2 heterocycles. The molecule has 2 aliphatic carbocycles. The quantitative estimate of drug-likeness (QED) is 0.0340. The first kappa shape index (κ1) is 76.7. The van der Waals surface area contributed by atoms with Crippen molar-refractivity contribution in [2.75, 3.05) is 17.7 Å². The third kappa shape index (κ3) is 18.7. The summed E-state index contributed by atoms with van der Waals surface area (Å²) >= 11 is 49.4. The van der Waals surface area contributed by atoms with Gasteiger partial charge in [0.05, 0.1) is 113 Å². The van der Waals surface area contributed by atoms with Gasteiger partial charge < -0.3 is 46.5 Å². The number of fused-ring (bicyclic) bond motifs is 2. The molecule has 0 saturated carbocycles. The minimum atomic E-state index is -0.468. The molecule has 0 atom stereocenters. The molecule has 8 N–H and O–H groups in total. The second-order valence-electron chi connectivity index (χ2n) is 20.5. The Labute approximate surface area is 630 Å².